The second-order valence-corrected chi connectivity index (χ2v) is 8.58. The van der Waals surface area contributed by atoms with Crippen LogP contribution in [0.2, 0.25) is 0 Å². The summed E-state index contributed by atoms with van der Waals surface area (Å²) in [6.07, 6.45) is -0.856. The highest BCUT2D eigenvalue weighted by Crippen LogP contribution is 2.38. The first-order valence-electron chi connectivity index (χ1n) is 12.2. The van der Waals surface area contributed by atoms with Crippen LogP contribution in [0.15, 0.2) is 97.1 Å². The Bertz CT molecular complexity index is 1260. The van der Waals surface area contributed by atoms with Gasteiger partial charge >= 0.3 is 0 Å². The van der Waals surface area contributed by atoms with Crippen molar-refractivity contribution >= 4 is 0 Å². The van der Waals surface area contributed by atoms with Crippen LogP contribution >= 0.6 is 0 Å². The molecule has 0 aliphatic carbocycles. The molecule has 0 heterocycles. The van der Waals surface area contributed by atoms with Gasteiger partial charge in [-0.25, -0.2) is 0 Å². The summed E-state index contributed by atoms with van der Waals surface area (Å²) in [5.74, 6) is 2.41. The monoisotopic (exact) mass is 499 g/mol. The van der Waals surface area contributed by atoms with Crippen molar-refractivity contribution in [3.05, 3.63) is 119 Å². The maximum absolute atomic E-state index is 11.4. The van der Waals surface area contributed by atoms with Gasteiger partial charge in [-0.15, -0.1) is 0 Å². The second-order valence-electron chi connectivity index (χ2n) is 8.58. The first-order valence-corrected chi connectivity index (χ1v) is 12.2. The van der Waals surface area contributed by atoms with Crippen molar-refractivity contribution < 1.29 is 24.1 Å². The molecule has 37 heavy (non-hydrogen) atoms. The van der Waals surface area contributed by atoms with Crippen LogP contribution in [-0.4, -0.2) is 26.4 Å². The molecule has 0 saturated heterocycles. The number of methoxy groups -OCH3 is 2. The van der Waals surface area contributed by atoms with E-state index in [9.17, 15) is 5.11 Å². The van der Waals surface area contributed by atoms with Crippen LogP contribution in [0.3, 0.4) is 0 Å². The second kappa shape index (κ2) is 12.8. The van der Waals surface area contributed by atoms with Crippen molar-refractivity contribution in [1.29, 1.82) is 0 Å². The zero-order valence-corrected chi connectivity index (χ0v) is 21.4. The maximum atomic E-state index is 11.4. The fourth-order valence-electron chi connectivity index (χ4n) is 4.16. The highest BCUT2D eigenvalue weighted by Gasteiger charge is 2.24. The molecule has 0 spiro atoms. The smallest absolute Gasteiger partial charge is 0.162 e. The lowest BCUT2D eigenvalue weighted by Gasteiger charge is -2.25. The van der Waals surface area contributed by atoms with E-state index in [0.717, 1.165) is 16.7 Å². The predicted molar refractivity (Wildman–Crippen MR) is 144 cm³/mol. The number of aliphatic hydroxyl groups excluding tert-OH is 1. The average Bonchev–Trinajstić information content (AvgIpc) is 2.96. The Hall–Kier alpha value is -4.00. The van der Waals surface area contributed by atoms with Gasteiger partial charge in [-0.2, -0.15) is 0 Å². The van der Waals surface area contributed by atoms with E-state index >= 15 is 0 Å². The van der Waals surface area contributed by atoms with Crippen LogP contribution in [0.4, 0.5) is 0 Å². The molecule has 0 amide bonds. The van der Waals surface area contributed by atoms with Crippen molar-refractivity contribution in [3.8, 4) is 23.0 Å². The molecule has 0 radical (unpaired) electrons. The van der Waals surface area contributed by atoms with E-state index in [4.69, 9.17) is 18.9 Å². The minimum atomic E-state index is -0.856. The lowest BCUT2D eigenvalue weighted by atomic mass is 9.95. The Labute approximate surface area is 218 Å². The lowest BCUT2D eigenvalue weighted by molar-refractivity contribution is 0.132. The molecular weight excluding hydrogens is 466 g/mol. The number of hydrogen-bond acceptors (Lipinski definition) is 6. The largest absolute Gasteiger partial charge is 0.493 e. The molecule has 192 valence electrons. The van der Waals surface area contributed by atoms with Gasteiger partial charge in [0.15, 0.2) is 23.0 Å². The Morgan fingerprint density at radius 1 is 0.622 bits per heavy atom. The summed E-state index contributed by atoms with van der Waals surface area (Å²) in [6, 6.07) is 30.6. The fraction of sp³-hybridized carbons (Fsp3) is 0.226. The molecule has 0 bridgehead atoms. The Kier molecular flexibility index (Phi) is 9.03. The van der Waals surface area contributed by atoms with Gasteiger partial charge < -0.3 is 29.4 Å². The minimum absolute atomic E-state index is 0.396. The average molecular weight is 500 g/mol. The van der Waals surface area contributed by atoms with Gasteiger partial charge in [-0.1, -0.05) is 72.8 Å². The molecule has 0 aromatic heterocycles. The standard InChI is InChI=1S/C31H33NO5/c1-32-30(24-14-16-26(34-2)28(18-24)36-20-22-10-6-4-7-11-22)31(33)25-15-17-27(35-3)29(19-25)37-21-23-12-8-5-9-13-23/h4-19,30-33H,20-21H2,1-3H3/t30-,31+/m1/s1. The highest BCUT2D eigenvalue weighted by atomic mass is 16.5. The third kappa shape index (κ3) is 6.61. The van der Waals surface area contributed by atoms with E-state index in [0.29, 0.717) is 41.8 Å². The van der Waals surface area contributed by atoms with Crippen LogP contribution in [0.25, 0.3) is 0 Å². The number of likely N-dealkylation sites (N-methyl/N-ethyl adjacent to an activating group) is 1. The summed E-state index contributed by atoms with van der Waals surface area (Å²) in [4.78, 5) is 0. The van der Waals surface area contributed by atoms with Gasteiger partial charge in [0.1, 0.15) is 13.2 Å². The lowest BCUT2D eigenvalue weighted by Crippen LogP contribution is -2.24. The van der Waals surface area contributed by atoms with Crippen molar-refractivity contribution in [2.45, 2.75) is 25.4 Å². The van der Waals surface area contributed by atoms with Crippen molar-refractivity contribution in [2.75, 3.05) is 21.3 Å². The van der Waals surface area contributed by atoms with Crippen LogP contribution in [0.5, 0.6) is 23.0 Å². The quantitative estimate of drug-likeness (QED) is 0.255. The molecule has 2 N–H and O–H groups in total. The summed E-state index contributed by atoms with van der Waals surface area (Å²) in [5, 5.41) is 14.6. The Morgan fingerprint density at radius 3 is 1.54 bits per heavy atom. The molecule has 4 aromatic rings. The Balaban J connectivity index is 1.55. The van der Waals surface area contributed by atoms with Gasteiger partial charge in [-0.3, -0.25) is 0 Å². The number of rotatable bonds is 12. The first kappa shape index (κ1) is 26.1. The minimum Gasteiger partial charge on any atom is -0.493 e. The predicted octanol–water partition coefficient (Wildman–Crippen LogP) is 5.86. The molecule has 4 rings (SSSR count). The van der Waals surface area contributed by atoms with E-state index in [1.54, 1.807) is 14.2 Å². The van der Waals surface area contributed by atoms with Crippen LogP contribution in [-0.2, 0) is 13.2 Å². The van der Waals surface area contributed by atoms with Crippen molar-refractivity contribution in [3.63, 3.8) is 0 Å². The molecule has 0 fully saturated rings. The molecule has 2 atom stereocenters. The van der Waals surface area contributed by atoms with E-state index < -0.39 is 12.1 Å². The summed E-state index contributed by atoms with van der Waals surface area (Å²) in [7, 11) is 5.04. The van der Waals surface area contributed by atoms with Gasteiger partial charge in [0.2, 0.25) is 0 Å². The fourth-order valence-corrected chi connectivity index (χ4v) is 4.16. The highest BCUT2D eigenvalue weighted by molar-refractivity contribution is 5.47. The number of benzene rings is 4. The van der Waals surface area contributed by atoms with Crippen LogP contribution < -0.4 is 24.3 Å². The van der Waals surface area contributed by atoms with Crippen LogP contribution in [0.1, 0.15) is 34.4 Å². The van der Waals surface area contributed by atoms with Gasteiger partial charge in [0, 0.05) is 0 Å². The zero-order chi connectivity index (χ0) is 26.0. The molecule has 0 unspecified atom stereocenters. The SMILES string of the molecule is CN[C@H](c1ccc(OC)c(OCc2ccccc2)c1)[C@@H](O)c1ccc(OC)c(OCc2ccccc2)c1. The molecule has 4 aromatic carbocycles. The van der Waals surface area contributed by atoms with Gasteiger partial charge in [-0.05, 0) is 53.6 Å². The molecule has 0 aliphatic rings. The van der Waals surface area contributed by atoms with Crippen LogP contribution in [0, 0.1) is 0 Å². The Morgan fingerprint density at radius 2 is 1.08 bits per heavy atom. The number of aliphatic hydroxyl groups is 1. The molecule has 6 heteroatoms. The van der Waals surface area contributed by atoms with E-state index in [1.165, 1.54) is 0 Å². The van der Waals surface area contributed by atoms with Crippen molar-refractivity contribution in [1.82, 2.24) is 5.32 Å². The van der Waals surface area contributed by atoms with Gasteiger partial charge in [0.05, 0.1) is 26.4 Å². The number of hydrogen-bond donors (Lipinski definition) is 2. The third-order valence-corrected chi connectivity index (χ3v) is 6.18. The maximum Gasteiger partial charge on any atom is 0.162 e. The summed E-state index contributed by atoms with van der Waals surface area (Å²) < 4.78 is 23.1. The number of nitrogens with one attached hydrogen (secondary N) is 1. The number of ether oxygens (including phenoxy) is 4. The molecule has 0 saturated carbocycles. The third-order valence-electron chi connectivity index (χ3n) is 6.18. The van der Waals surface area contributed by atoms with Crippen molar-refractivity contribution in [2.24, 2.45) is 0 Å². The molecule has 6 nitrogen and oxygen atoms in total. The van der Waals surface area contributed by atoms with E-state index in [1.807, 2.05) is 104 Å². The molecular formula is C31H33NO5. The van der Waals surface area contributed by atoms with E-state index in [2.05, 4.69) is 5.32 Å². The zero-order valence-electron chi connectivity index (χ0n) is 21.4. The molecule has 0 aliphatic heterocycles. The van der Waals surface area contributed by atoms with Gasteiger partial charge in [0.25, 0.3) is 0 Å². The summed E-state index contributed by atoms with van der Waals surface area (Å²) >= 11 is 0. The normalized spacial score (nSPS) is 12.4. The summed E-state index contributed by atoms with van der Waals surface area (Å²) in [6.45, 7) is 0.806. The summed E-state index contributed by atoms with van der Waals surface area (Å²) in [5.41, 5.74) is 3.67. The van der Waals surface area contributed by atoms with E-state index in [-0.39, 0.29) is 0 Å². The topological polar surface area (TPSA) is 69.2 Å². The first-order chi connectivity index (χ1) is 18.1.